The van der Waals surface area contributed by atoms with Gasteiger partial charge < -0.3 is 19.5 Å². The zero-order valence-electron chi connectivity index (χ0n) is 17.3. The number of hydrogen-bond acceptors (Lipinski definition) is 5. The van der Waals surface area contributed by atoms with Crippen molar-refractivity contribution < 1.29 is 14.1 Å². The van der Waals surface area contributed by atoms with Crippen molar-refractivity contribution >= 4 is 11.7 Å². The minimum atomic E-state index is -0.0983. The van der Waals surface area contributed by atoms with E-state index in [1.54, 1.807) is 7.11 Å². The molecular weight excluding hydrogens is 380 g/mol. The highest BCUT2D eigenvalue weighted by Gasteiger charge is 2.28. The average molecular weight is 406 g/mol. The number of aromatic nitrogens is 2. The number of anilines is 1. The van der Waals surface area contributed by atoms with Crippen LogP contribution >= 0.6 is 0 Å². The number of carbonyl (C=O) groups is 1. The van der Waals surface area contributed by atoms with Crippen LogP contribution in [0.4, 0.5) is 10.5 Å². The first-order valence-electron chi connectivity index (χ1n) is 10.3. The molecule has 1 atom stereocenters. The zero-order chi connectivity index (χ0) is 20.9. The molecule has 2 heterocycles. The number of ether oxygens (including phenoxy) is 1. The van der Waals surface area contributed by atoms with E-state index in [9.17, 15) is 4.79 Å². The van der Waals surface area contributed by atoms with Crippen molar-refractivity contribution in [1.29, 1.82) is 0 Å². The third-order valence-electron chi connectivity index (χ3n) is 5.46. The Balaban J connectivity index is 1.40. The quantitative estimate of drug-likeness (QED) is 0.663. The number of rotatable bonds is 5. The molecule has 2 amide bonds. The van der Waals surface area contributed by atoms with Crippen LogP contribution in [-0.4, -0.2) is 41.3 Å². The molecule has 1 N–H and O–H groups in total. The molecule has 1 aromatic heterocycles. The molecule has 7 heteroatoms. The fourth-order valence-electron chi connectivity index (χ4n) is 3.65. The van der Waals surface area contributed by atoms with Crippen LogP contribution in [0, 0.1) is 0 Å². The van der Waals surface area contributed by atoms with Crippen LogP contribution in [0.15, 0.2) is 53.1 Å². The molecule has 3 aromatic rings. The second-order valence-electron chi connectivity index (χ2n) is 7.45. The average Bonchev–Trinajstić information content (AvgIpc) is 3.30. The Bertz CT molecular complexity index is 982. The lowest BCUT2D eigenvalue weighted by Gasteiger charge is -2.31. The van der Waals surface area contributed by atoms with E-state index in [1.807, 2.05) is 53.4 Å². The first-order valence-corrected chi connectivity index (χ1v) is 10.3. The number of urea groups is 1. The third kappa shape index (κ3) is 4.45. The lowest BCUT2D eigenvalue weighted by Crippen LogP contribution is -2.41. The number of nitrogens with one attached hydrogen (secondary N) is 1. The standard InChI is InChI=1S/C23H26N4O3/c1-3-16-6-10-19(11-7-16)24-23(28)27-14-4-5-18(15-27)22-25-21(26-30-22)17-8-12-20(29-2)13-9-17/h6-13,18H,3-5,14-15H2,1-2H3,(H,24,28). The van der Waals surface area contributed by atoms with Gasteiger partial charge in [-0.1, -0.05) is 24.2 Å². The topological polar surface area (TPSA) is 80.5 Å². The first kappa shape index (κ1) is 19.9. The molecule has 7 nitrogen and oxygen atoms in total. The van der Waals surface area contributed by atoms with Crippen molar-refractivity contribution in [3.8, 4) is 17.1 Å². The molecule has 1 fully saturated rings. The predicted octanol–water partition coefficient (Wildman–Crippen LogP) is 4.72. The van der Waals surface area contributed by atoms with E-state index in [1.165, 1.54) is 5.56 Å². The van der Waals surface area contributed by atoms with Gasteiger partial charge in [-0.3, -0.25) is 0 Å². The Morgan fingerprint density at radius 1 is 1.20 bits per heavy atom. The van der Waals surface area contributed by atoms with Crippen molar-refractivity contribution in [1.82, 2.24) is 15.0 Å². The fraction of sp³-hybridized carbons (Fsp3) is 0.348. The van der Waals surface area contributed by atoms with Crippen LogP contribution in [0.25, 0.3) is 11.4 Å². The largest absolute Gasteiger partial charge is 0.497 e. The number of benzene rings is 2. The number of carbonyl (C=O) groups excluding carboxylic acids is 1. The second kappa shape index (κ2) is 8.98. The van der Waals surface area contributed by atoms with Gasteiger partial charge in [-0.05, 0) is 61.2 Å². The zero-order valence-corrected chi connectivity index (χ0v) is 17.3. The van der Waals surface area contributed by atoms with Gasteiger partial charge in [-0.15, -0.1) is 0 Å². The maximum absolute atomic E-state index is 12.7. The molecule has 0 aliphatic carbocycles. The molecule has 2 aromatic carbocycles. The van der Waals surface area contributed by atoms with Gasteiger partial charge in [0.25, 0.3) is 0 Å². The Labute approximate surface area is 176 Å². The van der Waals surface area contributed by atoms with Crippen LogP contribution in [0.3, 0.4) is 0 Å². The summed E-state index contributed by atoms with van der Waals surface area (Å²) in [5.41, 5.74) is 2.92. The minimum Gasteiger partial charge on any atom is -0.497 e. The van der Waals surface area contributed by atoms with E-state index in [2.05, 4.69) is 22.4 Å². The van der Waals surface area contributed by atoms with E-state index >= 15 is 0 Å². The first-order chi connectivity index (χ1) is 14.7. The molecule has 4 rings (SSSR count). The van der Waals surface area contributed by atoms with Gasteiger partial charge in [0.15, 0.2) is 0 Å². The fourth-order valence-corrected chi connectivity index (χ4v) is 3.65. The Hall–Kier alpha value is -3.35. The van der Waals surface area contributed by atoms with Crippen LogP contribution < -0.4 is 10.1 Å². The minimum absolute atomic E-state index is 0.0338. The van der Waals surface area contributed by atoms with Crippen LogP contribution in [0.2, 0.25) is 0 Å². The molecule has 0 spiro atoms. The van der Waals surface area contributed by atoms with Gasteiger partial charge >= 0.3 is 6.03 Å². The Morgan fingerprint density at radius 3 is 2.67 bits per heavy atom. The van der Waals surface area contributed by atoms with Crippen LogP contribution in [-0.2, 0) is 6.42 Å². The van der Waals surface area contributed by atoms with Gasteiger partial charge in [0, 0.05) is 24.3 Å². The number of methoxy groups -OCH3 is 1. The van der Waals surface area contributed by atoms with E-state index in [0.29, 0.717) is 18.3 Å². The normalized spacial score (nSPS) is 16.3. The molecule has 1 saturated heterocycles. The summed E-state index contributed by atoms with van der Waals surface area (Å²) in [5, 5.41) is 7.11. The molecule has 0 saturated carbocycles. The summed E-state index contributed by atoms with van der Waals surface area (Å²) in [7, 11) is 1.63. The van der Waals surface area contributed by atoms with E-state index in [4.69, 9.17) is 9.26 Å². The van der Waals surface area contributed by atoms with E-state index in [-0.39, 0.29) is 11.9 Å². The Kier molecular flexibility index (Phi) is 5.97. The van der Waals surface area contributed by atoms with E-state index < -0.39 is 0 Å². The molecule has 0 bridgehead atoms. The number of aryl methyl sites for hydroxylation is 1. The van der Waals surface area contributed by atoms with Crippen molar-refractivity contribution in [3.05, 3.63) is 60.0 Å². The summed E-state index contributed by atoms with van der Waals surface area (Å²) >= 11 is 0. The highest BCUT2D eigenvalue weighted by molar-refractivity contribution is 5.89. The van der Waals surface area contributed by atoms with Crippen LogP contribution in [0.5, 0.6) is 5.75 Å². The van der Waals surface area contributed by atoms with Gasteiger partial charge in [0.2, 0.25) is 11.7 Å². The third-order valence-corrected chi connectivity index (χ3v) is 5.46. The lowest BCUT2D eigenvalue weighted by molar-refractivity contribution is 0.184. The molecule has 156 valence electrons. The number of piperidine rings is 1. The highest BCUT2D eigenvalue weighted by Crippen LogP contribution is 2.28. The van der Waals surface area contributed by atoms with Gasteiger partial charge in [-0.25, -0.2) is 4.79 Å². The maximum atomic E-state index is 12.7. The summed E-state index contributed by atoms with van der Waals surface area (Å²) < 4.78 is 10.7. The lowest BCUT2D eigenvalue weighted by atomic mass is 9.98. The summed E-state index contributed by atoms with van der Waals surface area (Å²) in [6.45, 7) is 3.39. The van der Waals surface area contributed by atoms with Crippen molar-refractivity contribution in [3.63, 3.8) is 0 Å². The van der Waals surface area contributed by atoms with Gasteiger partial charge in [-0.2, -0.15) is 4.98 Å². The summed E-state index contributed by atoms with van der Waals surface area (Å²) in [5.74, 6) is 1.93. The molecule has 1 unspecified atom stereocenters. The summed E-state index contributed by atoms with van der Waals surface area (Å²) in [6.07, 6.45) is 2.79. The predicted molar refractivity (Wildman–Crippen MR) is 115 cm³/mol. The summed E-state index contributed by atoms with van der Waals surface area (Å²) in [6, 6.07) is 15.4. The second-order valence-corrected chi connectivity index (χ2v) is 7.45. The highest BCUT2D eigenvalue weighted by atomic mass is 16.5. The van der Waals surface area contributed by atoms with Gasteiger partial charge in [0.1, 0.15) is 5.75 Å². The molecular formula is C23H26N4O3. The molecule has 0 radical (unpaired) electrons. The number of hydrogen-bond donors (Lipinski definition) is 1. The number of likely N-dealkylation sites (tertiary alicyclic amines) is 1. The molecule has 30 heavy (non-hydrogen) atoms. The van der Waals surface area contributed by atoms with Crippen LogP contribution in [0.1, 0.15) is 37.1 Å². The number of amides is 2. The monoisotopic (exact) mass is 406 g/mol. The summed E-state index contributed by atoms with van der Waals surface area (Å²) in [4.78, 5) is 19.1. The maximum Gasteiger partial charge on any atom is 0.321 e. The van der Waals surface area contributed by atoms with Gasteiger partial charge in [0.05, 0.1) is 13.0 Å². The number of nitrogens with zero attached hydrogens (tertiary/aromatic N) is 3. The molecule has 1 aliphatic heterocycles. The molecule has 1 aliphatic rings. The SMILES string of the molecule is CCc1ccc(NC(=O)N2CCCC(c3nc(-c4ccc(OC)cc4)no3)C2)cc1. The Morgan fingerprint density at radius 2 is 1.97 bits per heavy atom. The van der Waals surface area contributed by atoms with Crippen molar-refractivity contribution in [2.45, 2.75) is 32.1 Å². The smallest absolute Gasteiger partial charge is 0.321 e. The van der Waals surface area contributed by atoms with Crippen molar-refractivity contribution in [2.75, 3.05) is 25.5 Å². The van der Waals surface area contributed by atoms with E-state index in [0.717, 1.165) is 42.8 Å². The van der Waals surface area contributed by atoms with Crippen molar-refractivity contribution in [2.24, 2.45) is 0 Å².